The van der Waals surface area contributed by atoms with Crippen LogP contribution in [0.2, 0.25) is 0 Å². The molecule has 0 spiro atoms. The molecule has 0 aliphatic rings. The first kappa shape index (κ1) is 21.7. The number of amides is 1. The molecule has 1 amide bonds. The Kier molecular flexibility index (Phi) is 6.34. The van der Waals surface area contributed by atoms with Gasteiger partial charge in [0.25, 0.3) is 5.91 Å². The minimum absolute atomic E-state index is 0.0896. The lowest BCUT2D eigenvalue weighted by Gasteiger charge is -2.14. The molecule has 4 aromatic rings. The van der Waals surface area contributed by atoms with Gasteiger partial charge in [-0.3, -0.25) is 10.1 Å². The van der Waals surface area contributed by atoms with E-state index in [2.05, 4.69) is 26.6 Å². The number of carbonyl (C=O) groups excluding carboxylic acids is 1. The SMILES string of the molecule is COc1ccc(-c2cc3ccccc3oc2=O)cc1NC(=S)NC(=O)c1ccccc1Br. The minimum atomic E-state index is -0.454. The van der Waals surface area contributed by atoms with Crippen LogP contribution in [0.5, 0.6) is 5.75 Å². The summed E-state index contributed by atoms with van der Waals surface area (Å²) in [5.41, 5.74) is 2.03. The van der Waals surface area contributed by atoms with E-state index in [0.29, 0.717) is 38.2 Å². The molecule has 1 aromatic heterocycles. The largest absolute Gasteiger partial charge is 0.495 e. The van der Waals surface area contributed by atoms with Gasteiger partial charge in [0.15, 0.2) is 5.11 Å². The van der Waals surface area contributed by atoms with Gasteiger partial charge in [-0.25, -0.2) is 4.79 Å². The maximum atomic E-state index is 12.6. The molecule has 32 heavy (non-hydrogen) atoms. The average Bonchev–Trinajstić information content (AvgIpc) is 2.78. The van der Waals surface area contributed by atoms with E-state index in [0.717, 1.165) is 5.39 Å². The molecular weight excluding hydrogens is 492 g/mol. The summed E-state index contributed by atoms with van der Waals surface area (Å²) >= 11 is 8.67. The van der Waals surface area contributed by atoms with E-state index in [1.165, 1.54) is 7.11 Å². The van der Waals surface area contributed by atoms with Crippen LogP contribution in [0.3, 0.4) is 0 Å². The highest BCUT2D eigenvalue weighted by atomic mass is 79.9. The number of benzene rings is 3. The highest BCUT2D eigenvalue weighted by Gasteiger charge is 2.14. The molecule has 0 fully saturated rings. The molecule has 2 N–H and O–H groups in total. The number of halogens is 1. The van der Waals surface area contributed by atoms with Gasteiger partial charge in [0.2, 0.25) is 0 Å². The van der Waals surface area contributed by atoms with Crippen LogP contribution in [0.25, 0.3) is 22.1 Å². The molecule has 0 bridgehead atoms. The summed E-state index contributed by atoms with van der Waals surface area (Å²) in [6.07, 6.45) is 0. The van der Waals surface area contributed by atoms with Crippen LogP contribution in [-0.4, -0.2) is 18.1 Å². The zero-order valence-electron chi connectivity index (χ0n) is 16.8. The lowest BCUT2D eigenvalue weighted by molar-refractivity contribution is 0.0977. The summed E-state index contributed by atoms with van der Waals surface area (Å²) in [4.78, 5) is 25.1. The van der Waals surface area contributed by atoms with Gasteiger partial charge in [-0.15, -0.1) is 0 Å². The third-order valence-corrected chi connectivity index (χ3v) is 5.64. The number of rotatable bonds is 4. The number of anilines is 1. The second-order valence-corrected chi connectivity index (χ2v) is 8.05. The Labute approximate surface area is 197 Å². The molecule has 0 aliphatic heterocycles. The van der Waals surface area contributed by atoms with E-state index < -0.39 is 5.63 Å². The van der Waals surface area contributed by atoms with E-state index in [1.807, 2.05) is 24.3 Å². The number of fused-ring (bicyclic) bond motifs is 1. The van der Waals surface area contributed by atoms with E-state index >= 15 is 0 Å². The highest BCUT2D eigenvalue weighted by Crippen LogP contribution is 2.30. The Morgan fingerprint density at radius 2 is 1.78 bits per heavy atom. The summed E-state index contributed by atoms with van der Waals surface area (Å²) in [7, 11) is 1.52. The third-order valence-electron chi connectivity index (χ3n) is 4.75. The van der Waals surface area contributed by atoms with Gasteiger partial charge in [0.05, 0.1) is 23.9 Å². The highest BCUT2D eigenvalue weighted by molar-refractivity contribution is 9.10. The normalized spacial score (nSPS) is 10.6. The molecule has 1 heterocycles. The number of carbonyl (C=O) groups is 1. The molecule has 0 saturated heterocycles. The van der Waals surface area contributed by atoms with Crippen LogP contribution in [0.15, 0.2) is 86.5 Å². The third kappa shape index (κ3) is 4.56. The summed E-state index contributed by atoms with van der Waals surface area (Å²) in [6, 6.07) is 21.3. The first-order chi connectivity index (χ1) is 15.5. The van der Waals surface area contributed by atoms with Crippen molar-refractivity contribution < 1.29 is 13.9 Å². The van der Waals surface area contributed by atoms with Gasteiger partial charge in [-0.05, 0) is 70.1 Å². The monoisotopic (exact) mass is 508 g/mol. The van der Waals surface area contributed by atoms with Crippen molar-refractivity contribution >= 4 is 55.8 Å². The van der Waals surface area contributed by atoms with Crippen molar-refractivity contribution in [3.05, 3.63) is 93.3 Å². The first-order valence-electron chi connectivity index (χ1n) is 9.54. The smallest absolute Gasteiger partial charge is 0.344 e. The van der Waals surface area contributed by atoms with Crippen molar-refractivity contribution in [2.75, 3.05) is 12.4 Å². The van der Waals surface area contributed by atoms with Gasteiger partial charge < -0.3 is 14.5 Å². The Balaban J connectivity index is 1.62. The predicted molar refractivity (Wildman–Crippen MR) is 132 cm³/mol. The molecule has 0 radical (unpaired) electrons. The van der Waals surface area contributed by atoms with E-state index in [9.17, 15) is 9.59 Å². The van der Waals surface area contributed by atoms with Gasteiger partial charge in [-0.2, -0.15) is 0 Å². The maximum Gasteiger partial charge on any atom is 0.344 e. The molecule has 0 atom stereocenters. The lowest BCUT2D eigenvalue weighted by Crippen LogP contribution is -2.34. The minimum Gasteiger partial charge on any atom is -0.495 e. The van der Waals surface area contributed by atoms with Gasteiger partial charge in [0.1, 0.15) is 11.3 Å². The number of hydrogen-bond donors (Lipinski definition) is 2. The lowest BCUT2D eigenvalue weighted by atomic mass is 10.0. The Morgan fingerprint density at radius 3 is 2.56 bits per heavy atom. The quantitative estimate of drug-likeness (QED) is 0.285. The van der Waals surface area contributed by atoms with E-state index in [1.54, 1.807) is 48.5 Å². The number of methoxy groups -OCH3 is 1. The average molecular weight is 509 g/mol. The first-order valence-corrected chi connectivity index (χ1v) is 10.7. The van der Waals surface area contributed by atoms with Crippen molar-refractivity contribution in [2.45, 2.75) is 0 Å². The van der Waals surface area contributed by atoms with E-state index in [-0.39, 0.29) is 11.0 Å². The molecular formula is C24H17BrN2O4S. The Bertz CT molecular complexity index is 1400. The van der Waals surface area contributed by atoms with Crippen LogP contribution in [0.4, 0.5) is 5.69 Å². The number of para-hydroxylation sites is 1. The number of hydrogen-bond acceptors (Lipinski definition) is 5. The van der Waals surface area contributed by atoms with Crippen LogP contribution < -0.4 is 21.0 Å². The van der Waals surface area contributed by atoms with E-state index in [4.69, 9.17) is 21.4 Å². The summed E-state index contributed by atoms with van der Waals surface area (Å²) in [6.45, 7) is 0. The van der Waals surface area contributed by atoms with Gasteiger partial charge in [0, 0.05) is 9.86 Å². The number of nitrogens with one attached hydrogen (secondary N) is 2. The summed E-state index contributed by atoms with van der Waals surface area (Å²) in [5.74, 6) is 0.136. The molecule has 0 unspecified atom stereocenters. The Morgan fingerprint density at radius 1 is 1.03 bits per heavy atom. The predicted octanol–water partition coefficient (Wildman–Crippen LogP) is 5.36. The second kappa shape index (κ2) is 9.33. The number of thiocarbonyl (C=S) groups is 1. The molecule has 6 nitrogen and oxygen atoms in total. The van der Waals surface area contributed by atoms with Crippen molar-refractivity contribution in [3.63, 3.8) is 0 Å². The topological polar surface area (TPSA) is 80.6 Å². The van der Waals surface area contributed by atoms with Crippen LogP contribution in [0.1, 0.15) is 10.4 Å². The molecule has 0 saturated carbocycles. The fourth-order valence-electron chi connectivity index (χ4n) is 3.21. The standard InChI is InChI=1S/C24H17BrN2O4S/c1-30-21-11-10-14(17-12-15-6-2-5-9-20(15)31-23(17)29)13-19(21)26-24(32)27-22(28)16-7-3-4-8-18(16)25/h2-13H,1H3,(H2,26,27,28,32). The van der Waals surface area contributed by atoms with Crippen LogP contribution in [-0.2, 0) is 0 Å². The van der Waals surface area contributed by atoms with Gasteiger partial charge in [-0.1, -0.05) is 36.4 Å². The second-order valence-electron chi connectivity index (χ2n) is 6.79. The fourth-order valence-corrected chi connectivity index (χ4v) is 3.87. The Hall–Kier alpha value is -3.49. The van der Waals surface area contributed by atoms with Crippen molar-refractivity contribution in [1.29, 1.82) is 0 Å². The summed E-state index contributed by atoms with van der Waals surface area (Å²) < 4.78 is 11.5. The van der Waals surface area contributed by atoms with Crippen molar-refractivity contribution in [2.24, 2.45) is 0 Å². The molecule has 160 valence electrons. The zero-order valence-corrected chi connectivity index (χ0v) is 19.2. The number of ether oxygens (including phenoxy) is 1. The fraction of sp³-hybridized carbons (Fsp3) is 0.0417. The maximum absolute atomic E-state index is 12.6. The molecule has 0 aliphatic carbocycles. The van der Waals surface area contributed by atoms with Crippen molar-refractivity contribution in [1.82, 2.24) is 5.32 Å². The molecule has 3 aromatic carbocycles. The van der Waals surface area contributed by atoms with Crippen molar-refractivity contribution in [3.8, 4) is 16.9 Å². The zero-order chi connectivity index (χ0) is 22.7. The van der Waals surface area contributed by atoms with Crippen LogP contribution >= 0.6 is 28.1 Å². The van der Waals surface area contributed by atoms with Crippen LogP contribution in [0, 0.1) is 0 Å². The molecule has 4 rings (SSSR count). The van der Waals surface area contributed by atoms with Gasteiger partial charge >= 0.3 is 5.63 Å². The summed E-state index contributed by atoms with van der Waals surface area (Å²) in [5, 5.41) is 6.52. The molecule has 8 heteroatoms.